The second-order valence-electron chi connectivity index (χ2n) is 7.84. The maximum absolute atomic E-state index is 12.4. The lowest BCUT2D eigenvalue weighted by Crippen LogP contribution is -2.42. The molecule has 0 radical (unpaired) electrons. The van der Waals surface area contributed by atoms with Crippen LogP contribution in [0.1, 0.15) is 64.2 Å². The third kappa shape index (κ3) is 6.42. The summed E-state index contributed by atoms with van der Waals surface area (Å²) in [6.07, 6.45) is 10.5. The zero-order chi connectivity index (χ0) is 17.4. The van der Waals surface area contributed by atoms with Gasteiger partial charge in [0.15, 0.2) is 0 Å². The van der Waals surface area contributed by atoms with E-state index in [1.807, 2.05) is 14.1 Å². The third-order valence-corrected chi connectivity index (χ3v) is 5.50. The van der Waals surface area contributed by atoms with Crippen molar-refractivity contribution in [3.63, 3.8) is 0 Å². The second kappa shape index (κ2) is 10.0. The van der Waals surface area contributed by atoms with E-state index < -0.39 is 0 Å². The van der Waals surface area contributed by atoms with Gasteiger partial charge in [-0.1, -0.05) is 19.3 Å². The molecule has 2 fully saturated rings. The van der Waals surface area contributed by atoms with E-state index in [0.717, 1.165) is 58.0 Å². The Balaban J connectivity index is 1.63. The maximum atomic E-state index is 12.4. The Hall–Kier alpha value is -1.10. The minimum absolute atomic E-state index is 0.100. The molecule has 0 aromatic carbocycles. The van der Waals surface area contributed by atoms with Gasteiger partial charge in [-0.25, -0.2) is 0 Å². The van der Waals surface area contributed by atoms with Crippen LogP contribution in [0.2, 0.25) is 0 Å². The Morgan fingerprint density at radius 1 is 0.875 bits per heavy atom. The number of nitrogens with zero attached hydrogens (tertiary/aromatic N) is 1. The number of amides is 2. The van der Waals surface area contributed by atoms with Crippen molar-refractivity contribution < 1.29 is 9.59 Å². The topological polar surface area (TPSA) is 61.4 Å². The lowest BCUT2D eigenvalue weighted by atomic mass is 9.81. The molecule has 2 N–H and O–H groups in total. The number of nitrogens with one attached hydrogen (secondary N) is 2. The van der Waals surface area contributed by atoms with Gasteiger partial charge >= 0.3 is 0 Å². The molecule has 0 aromatic heterocycles. The molecule has 5 heteroatoms. The lowest BCUT2D eigenvalue weighted by molar-refractivity contribution is -0.131. The van der Waals surface area contributed by atoms with E-state index in [2.05, 4.69) is 15.5 Å². The Labute approximate surface area is 146 Å². The first-order valence-corrected chi connectivity index (χ1v) is 9.79. The van der Waals surface area contributed by atoms with Gasteiger partial charge in [-0.2, -0.15) is 0 Å². The van der Waals surface area contributed by atoms with Crippen LogP contribution in [0.4, 0.5) is 0 Å². The van der Waals surface area contributed by atoms with Crippen LogP contribution >= 0.6 is 0 Å². The Morgan fingerprint density at radius 2 is 1.46 bits per heavy atom. The van der Waals surface area contributed by atoms with Crippen molar-refractivity contribution in [1.29, 1.82) is 0 Å². The number of carbonyl (C=O) groups excluding carboxylic acids is 2. The first-order chi connectivity index (χ1) is 11.6. The average Bonchev–Trinajstić information content (AvgIpc) is 2.59. The first-order valence-electron chi connectivity index (χ1n) is 9.79. The predicted molar refractivity (Wildman–Crippen MR) is 96.6 cm³/mol. The molecule has 5 nitrogen and oxygen atoms in total. The van der Waals surface area contributed by atoms with Crippen molar-refractivity contribution in [3.8, 4) is 0 Å². The molecule has 0 atom stereocenters. The summed E-state index contributed by atoms with van der Waals surface area (Å²) in [6, 6.07) is 0.393. The van der Waals surface area contributed by atoms with Crippen LogP contribution in [0.25, 0.3) is 0 Å². The van der Waals surface area contributed by atoms with Gasteiger partial charge in [0.05, 0.1) is 0 Å². The van der Waals surface area contributed by atoms with Crippen LogP contribution in [0.5, 0.6) is 0 Å². The van der Waals surface area contributed by atoms with Gasteiger partial charge < -0.3 is 15.5 Å². The zero-order valence-corrected chi connectivity index (χ0v) is 15.5. The smallest absolute Gasteiger partial charge is 0.223 e. The molecule has 138 valence electrons. The fourth-order valence-electron chi connectivity index (χ4n) is 3.93. The predicted octanol–water partition coefficient (Wildman–Crippen LogP) is 2.31. The Kier molecular flexibility index (Phi) is 8.03. The van der Waals surface area contributed by atoms with Gasteiger partial charge in [0.1, 0.15) is 0 Å². The second-order valence-corrected chi connectivity index (χ2v) is 7.84. The molecule has 0 heterocycles. The van der Waals surface area contributed by atoms with E-state index in [1.54, 1.807) is 0 Å². The molecule has 0 spiro atoms. The quantitative estimate of drug-likeness (QED) is 0.701. The van der Waals surface area contributed by atoms with E-state index in [1.165, 1.54) is 19.3 Å². The van der Waals surface area contributed by atoms with Crippen molar-refractivity contribution in [1.82, 2.24) is 15.5 Å². The van der Waals surface area contributed by atoms with Crippen LogP contribution in [0.15, 0.2) is 0 Å². The molecule has 2 aliphatic rings. The highest BCUT2D eigenvalue weighted by atomic mass is 16.2. The number of hydrogen-bond donors (Lipinski definition) is 2. The highest BCUT2D eigenvalue weighted by Crippen LogP contribution is 2.29. The highest BCUT2D eigenvalue weighted by molar-refractivity contribution is 5.81. The summed E-state index contributed by atoms with van der Waals surface area (Å²) in [4.78, 5) is 26.7. The van der Waals surface area contributed by atoms with Crippen molar-refractivity contribution in [2.24, 2.45) is 11.8 Å². The summed E-state index contributed by atoms with van der Waals surface area (Å²) in [5.74, 6) is 0.624. The summed E-state index contributed by atoms with van der Waals surface area (Å²) < 4.78 is 0. The molecule has 0 aliphatic heterocycles. The van der Waals surface area contributed by atoms with Gasteiger partial charge in [0.25, 0.3) is 0 Å². The standard InChI is InChI=1S/C19H35N3O2/c1-22(2)14-6-13-20-18(23)15-9-11-16(12-10-15)19(24)21-17-7-4-3-5-8-17/h15-17H,3-14H2,1-2H3,(H,20,23)(H,21,24). The summed E-state index contributed by atoms with van der Waals surface area (Å²) in [6.45, 7) is 1.74. The van der Waals surface area contributed by atoms with E-state index >= 15 is 0 Å². The van der Waals surface area contributed by atoms with Gasteiger partial charge in [-0.15, -0.1) is 0 Å². The molecule has 0 bridgehead atoms. The molecular weight excluding hydrogens is 302 g/mol. The molecule has 0 unspecified atom stereocenters. The largest absolute Gasteiger partial charge is 0.356 e. The minimum Gasteiger partial charge on any atom is -0.356 e. The fraction of sp³-hybridized carbons (Fsp3) is 0.895. The minimum atomic E-state index is 0.100. The molecule has 0 aromatic rings. The van der Waals surface area contributed by atoms with Crippen molar-refractivity contribution in [3.05, 3.63) is 0 Å². The average molecular weight is 338 g/mol. The number of hydrogen-bond acceptors (Lipinski definition) is 3. The van der Waals surface area contributed by atoms with Crippen molar-refractivity contribution in [2.45, 2.75) is 70.3 Å². The zero-order valence-electron chi connectivity index (χ0n) is 15.5. The van der Waals surface area contributed by atoms with Crippen LogP contribution in [0, 0.1) is 11.8 Å². The van der Waals surface area contributed by atoms with Crippen LogP contribution in [-0.2, 0) is 9.59 Å². The fourth-order valence-corrected chi connectivity index (χ4v) is 3.93. The molecule has 2 rings (SSSR count). The van der Waals surface area contributed by atoms with Crippen molar-refractivity contribution >= 4 is 11.8 Å². The highest BCUT2D eigenvalue weighted by Gasteiger charge is 2.30. The van der Waals surface area contributed by atoms with Crippen LogP contribution < -0.4 is 10.6 Å². The molecule has 2 saturated carbocycles. The summed E-state index contributed by atoms with van der Waals surface area (Å²) >= 11 is 0. The van der Waals surface area contributed by atoms with Crippen LogP contribution in [0.3, 0.4) is 0 Å². The molecule has 24 heavy (non-hydrogen) atoms. The normalized spacial score (nSPS) is 25.5. The van der Waals surface area contributed by atoms with Crippen molar-refractivity contribution in [2.75, 3.05) is 27.2 Å². The monoisotopic (exact) mass is 337 g/mol. The number of carbonyl (C=O) groups is 2. The van der Waals surface area contributed by atoms with E-state index in [-0.39, 0.29) is 23.7 Å². The molecule has 2 amide bonds. The van der Waals surface area contributed by atoms with Gasteiger partial charge in [-0.3, -0.25) is 9.59 Å². The Bertz CT molecular complexity index is 397. The Morgan fingerprint density at radius 3 is 2.04 bits per heavy atom. The SMILES string of the molecule is CN(C)CCCNC(=O)C1CCC(C(=O)NC2CCCCC2)CC1. The lowest BCUT2D eigenvalue weighted by Gasteiger charge is -2.30. The van der Waals surface area contributed by atoms with Crippen LogP contribution in [-0.4, -0.2) is 49.9 Å². The maximum Gasteiger partial charge on any atom is 0.223 e. The van der Waals surface area contributed by atoms with E-state index in [9.17, 15) is 9.59 Å². The summed E-state index contributed by atoms with van der Waals surface area (Å²) in [5, 5.41) is 6.29. The summed E-state index contributed by atoms with van der Waals surface area (Å²) in [5.41, 5.74) is 0. The van der Waals surface area contributed by atoms with Gasteiger partial charge in [-0.05, 0) is 65.6 Å². The van der Waals surface area contributed by atoms with Gasteiger partial charge in [0.2, 0.25) is 11.8 Å². The van der Waals surface area contributed by atoms with E-state index in [0.29, 0.717) is 6.04 Å². The molecule has 0 saturated heterocycles. The van der Waals surface area contributed by atoms with E-state index in [4.69, 9.17) is 0 Å². The molecule has 2 aliphatic carbocycles. The van der Waals surface area contributed by atoms with Gasteiger partial charge in [0, 0.05) is 24.4 Å². The third-order valence-electron chi connectivity index (χ3n) is 5.50. The molecular formula is C19H35N3O2. The first kappa shape index (κ1) is 19.2. The number of rotatable bonds is 7. The summed E-state index contributed by atoms with van der Waals surface area (Å²) in [7, 11) is 4.09.